The van der Waals surface area contributed by atoms with Gasteiger partial charge in [0, 0.05) is 36.8 Å². The lowest BCUT2D eigenvalue weighted by Crippen LogP contribution is -2.17. The van der Waals surface area contributed by atoms with Crippen LogP contribution in [0.1, 0.15) is 68.3 Å². The first-order valence-electron chi connectivity index (χ1n) is 9.57. The van der Waals surface area contributed by atoms with Gasteiger partial charge < -0.3 is 0 Å². The number of benzene rings is 1. The lowest BCUT2D eigenvalue weighted by Gasteiger charge is -2.19. The van der Waals surface area contributed by atoms with Crippen molar-refractivity contribution in [3.63, 3.8) is 0 Å². The Morgan fingerprint density at radius 1 is 1.15 bits per heavy atom. The predicted molar refractivity (Wildman–Crippen MR) is 107 cm³/mol. The van der Waals surface area contributed by atoms with Gasteiger partial charge in [0.25, 0.3) is 0 Å². The van der Waals surface area contributed by atoms with Gasteiger partial charge in [-0.15, -0.1) is 0 Å². The van der Waals surface area contributed by atoms with Crippen LogP contribution in [-0.2, 0) is 6.54 Å². The number of rotatable bonds is 4. The molecule has 0 amide bonds. The highest BCUT2D eigenvalue weighted by molar-refractivity contribution is 6.06. The Labute approximate surface area is 159 Å². The molecule has 0 atom stereocenters. The maximum Gasteiger partial charge on any atom is 0.180 e. The van der Waals surface area contributed by atoms with Crippen molar-refractivity contribution in [3.05, 3.63) is 41.6 Å². The normalized spacial score (nSPS) is 14.7. The molecule has 0 bridgehead atoms. The van der Waals surface area contributed by atoms with E-state index >= 15 is 0 Å². The molecule has 4 rings (SSSR count). The maximum absolute atomic E-state index is 12.3. The van der Waals surface area contributed by atoms with Crippen molar-refractivity contribution in [3.8, 4) is 11.1 Å². The van der Waals surface area contributed by atoms with E-state index in [0.29, 0.717) is 11.6 Å². The average molecular weight is 362 g/mol. The molecule has 1 aliphatic carbocycles. The summed E-state index contributed by atoms with van der Waals surface area (Å²) >= 11 is 0. The predicted octanol–water partition coefficient (Wildman–Crippen LogP) is 4.93. The van der Waals surface area contributed by atoms with Gasteiger partial charge in [-0.3, -0.25) is 9.48 Å². The molecule has 5 nitrogen and oxygen atoms in total. The quantitative estimate of drug-likeness (QED) is 0.618. The van der Waals surface area contributed by atoms with Crippen LogP contribution in [0.5, 0.6) is 0 Å². The smallest absolute Gasteiger partial charge is 0.180 e. The molecule has 5 heteroatoms. The summed E-state index contributed by atoms with van der Waals surface area (Å²) < 4.78 is 2.05. The molecule has 0 N–H and O–H groups in total. The van der Waals surface area contributed by atoms with E-state index < -0.39 is 0 Å². The van der Waals surface area contributed by atoms with Crippen LogP contribution in [0.3, 0.4) is 0 Å². The van der Waals surface area contributed by atoms with E-state index in [0.717, 1.165) is 34.4 Å². The first-order chi connectivity index (χ1) is 12.7. The fraction of sp³-hybridized carbons (Fsp3) is 0.455. The molecule has 2 aromatic heterocycles. The number of fused-ring (bicyclic) bond motifs is 1. The highest BCUT2D eigenvalue weighted by Crippen LogP contribution is 2.45. The number of hydrogen-bond acceptors (Lipinski definition) is 4. The zero-order valence-electron chi connectivity index (χ0n) is 16.7. The van der Waals surface area contributed by atoms with E-state index in [4.69, 9.17) is 5.10 Å². The van der Waals surface area contributed by atoms with Crippen molar-refractivity contribution >= 4 is 16.7 Å². The van der Waals surface area contributed by atoms with Crippen LogP contribution in [0.4, 0.5) is 0 Å². The van der Waals surface area contributed by atoms with Crippen molar-refractivity contribution < 1.29 is 4.79 Å². The Hall–Kier alpha value is -2.56. The van der Waals surface area contributed by atoms with Crippen LogP contribution < -0.4 is 0 Å². The molecule has 0 saturated heterocycles. The molecule has 0 radical (unpaired) electrons. The molecule has 1 saturated carbocycles. The van der Waals surface area contributed by atoms with Gasteiger partial charge in [0.15, 0.2) is 5.78 Å². The van der Waals surface area contributed by atoms with Crippen LogP contribution >= 0.6 is 0 Å². The first kappa shape index (κ1) is 17.8. The summed E-state index contributed by atoms with van der Waals surface area (Å²) in [4.78, 5) is 21.0. The highest BCUT2D eigenvalue weighted by atomic mass is 16.1. The van der Waals surface area contributed by atoms with Crippen molar-refractivity contribution in [2.75, 3.05) is 0 Å². The molecule has 2 heterocycles. The third-order valence-electron chi connectivity index (χ3n) is 4.96. The van der Waals surface area contributed by atoms with Crippen molar-refractivity contribution in [1.82, 2.24) is 19.7 Å². The fourth-order valence-corrected chi connectivity index (χ4v) is 3.59. The monoisotopic (exact) mass is 362 g/mol. The van der Waals surface area contributed by atoms with E-state index in [2.05, 4.69) is 47.6 Å². The minimum atomic E-state index is 0.00622. The van der Waals surface area contributed by atoms with Gasteiger partial charge >= 0.3 is 0 Å². The van der Waals surface area contributed by atoms with Gasteiger partial charge in [0.05, 0.1) is 5.52 Å². The number of ketones is 1. The number of carbonyl (C=O) groups is 1. The average Bonchev–Trinajstić information content (AvgIpc) is 3.36. The molecule has 0 unspecified atom stereocenters. The number of nitrogens with zero attached hydrogens (tertiary/aromatic N) is 4. The van der Waals surface area contributed by atoms with Crippen molar-refractivity contribution in [2.24, 2.45) is 5.41 Å². The Morgan fingerprint density at radius 3 is 2.37 bits per heavy atom. The topological polar surface area (TPSA) is 60.7 Å². The Bertz CT molecular complexity index is 1020. The lowest BCUT2D eigenvalue weighted by molar-refractivity contribution is 0.101. The molecule has 1 aliphatic rings. The van der Waals surface area contributed by atoms with E-state index in [1.807, 2.05) is 19.3 Å². The van der Waals surface area contributed by atoms with E-state index in [-0.39, 0.29) is 11.2 Å². The number of Topliss-reactive ketones (excluding diaryl/α,β-unsaturated/α-hetero) is 1. The summed E-state index contributed by atoms with van der Waals surface area (Å²) in [5.41, 5.74) is 5.09. The van der Waals surface area contributed by atoms with Crippen molar-refractivity contribution in [1.29, 1.82) is 0 Å². The van der Waals surface area contributed by atoms with Gasteiger partial charge in [0.2, 0.25) is 0 Å². The van der Waals surface area contributed by atoms with Crippen LogP contribution in [0.15, 0.2) is 24.5 Å². The summed E-state index contributed by atoms with van der Waals surface area (Å²) in [5.74, 6) is 1.31. The molecular formula is C22H26N4O. The van der Waals surface area contributed by atoms with E-state index in [1.165, 1.54) is 18.4 Å². The second-order valence-electron chi connectivity index (χ2n) is 8.88. The molecule has 1 aromatic carbocycles. The molecule has 140 valence electrons. The summed E-state index contributed by atoms with van der Waals surface area (Å²) in [6.45, 7) is 10.9. The fourth-order valence-electron chi connectivity index (χ4n) is 3.59. The third kappa shape index (κ3) is 3.51. The molecule has 27 heavy (non-hydrogen) atoms. The summed E-state index contributed by atoms with van der Waals surface area (Å²) in [6.07, 6.45) is 6.10. The number of carbonyl (C=O) groups excluding carboxylic acids is 1. The first-order valence-corrected chi connectivity index (χ1v) is 9.57. The molecule has 0 spiro atoms. The molecule has 1 fully saturated rings. The standard InChI is InChI=1S/C22H26N4O/c1-13(27)20-19-9-16(17-10-23-14(2)24-11-17)8-18(15-6-7-15)21(19)26(25-20)12-22(3,4)5/h8-11,15H,6-7,12H2,1-5H3. The zero-order valence-corrected chi connectivity index (χ0v) is 16.7. The third-order valence-corrected chi connectivity index (χ3v) is 4.96. The minimum Gasteiger partial charge on any atom is -0.293 e. The van der Waals surface area contributed by atoms with Gasteiger partial charge in [0.1, 0.15) is 11.5 Å². The van der Waals surface area contributed by atoms with Gasteiger partial charge in [-0.1, -0.05) is 20.8 Å². The van der Waals surface area contributed by atoms with E-state index in [1.54, 1.807) is 6.92 Å². The maximum atomic E-state index is 12.3. The number of aromatic nitrogens is 4. The minimum absolute atomic E-state index is 0.00622. The molecule has 3 aromatic rings. The highest BCUT2D eigenvalue weighted by Gasteiger charge is 2.30. The van der Waals surface area contributed by atoms with Crippen LogP contribution in [-0.4, -0.2) is 25.5 Å². The van der Waals surface area contributed by atoms with Crippen LogP contribution in [0.25, 0.3) is 22.0 Å². The number of hydrogen-bond donors (Lipinski definition) is 0. The molecular weight excluding hydrogens is 336 g/mol. The van der Waals surface area contributed by atoms with Gasteiger partial charge in [-0.2, -0.15) is 5.10 Å². The summed E-state index contributed by atoms with van der Waals surface area (Å²) in [6, 6.07) is 4.33. The Balaban J connectivity index is 1.98. The second kappa shape index (κ2) is 6.25. The van der Waals surface area contributed by atoms with Gasteiger partial charge in [-0.25, -0.2) is 9.97 Å². The summed E-state index contributed by atoms with van der Waals surface area (Å²) in [5, 5.41) is 5.68. The molecule has 0 aliphatic heterocycles. The Morgan fingerprint density at radius 2 is 1.81 bits per heavy atom. The van der Waals surface area contributed by atoms with Crippen molar-refractivity contribution in [2.45, 2.75) is 59.9 Å². The number of aryl methyl sites for hydroxylation is 1. The lowest BCUT2D eigenvalue weighted by atomic mass is 9.95. The van der Waals surface area contributed by atoms with Gasteiger partial charge in [-0.05, 0) is 54.4 Å². The van der Waals surface area contributed by atoms with E-state index in [9.17, 15) is 4.79 Å². The van der Waals surface area contributed by atoms with Crippen LogP contribution in [0, 0.1) is 12.3 Å². The van der Waals surface area contributed by atoms with Crippen LogP contribution in [0.2, 0.25) is 0 Å². The SMILES string of the molecule is CC(=O)c1nn(CC(C)(C)C)c2c(C3CC3)cc(-c3cnc(C)nc3)cc12. The summed E-state index contributed by atoms with van der Waals surface area (Å²) in [7, 11) is 0. The second-order valence-corrected chi connectivity index (χ2v) is 8.88. The zero-order chi connectivity index (χ0) is 19.3. The largest absolute Gasteiger partial charge is 0.293 e. The Kier molecular flexibility index (Phi) is 4.13.